The summed E-state index contributed by atoms with van der Waals surface area (Å²) in [5, 5.41) is 17.4. The molecular formula is C11H9N5O2. The van der Waals surface area contributed by atoms with E-state index in [1.807, 2.05) is 18.2 Å². The van der Waals surface area contributed by atoms with Crippen molar-refractivity contribution in [1.82, 2.24) is 20.2 Å². The molecule has 0 bridgehead atoms. The molecule has 0 atom stereocenters. The highest BCUT2D eigenvalue weighted by atomic mass is 16.6. The summed E-state index contributed by atoms with van der Waals surface area (Å²) in [4.78, 5) is 16.8. The lowest BCUT2D eigenvalue weighted by Crippen LogP contribution is -1.91. The Labute approximate surface area is 101 Å². The Morgan fingerprint density at radius 2 is 2.22 bits per heavy atom. The van der Waals surface area contributed by atoms with Gasteiger partial charge in [0.15, 0.2) is 5.52 Å². The topological polar surface area (TPSA) is 100 Å². The quantitative estimate of drug-likeness (QED) is 0.540. The molecule has 0 aliphatic carbocycles. The molecule has 2 aromatic heterocycles. The molecule has 0 aliphatic rings. The van der Waals surface area contributed by atoms with Crippen molar-refractivity contribution >= 4 is 17.0 Å². The first-order chi connectivity index (χ1) is 8.74. The van der Waals surface area contributed by atoms with Crippen LogP contribution in [0, 0.1) is 10.1 Å². The van der Waals surface area contributed by atoms with Crippen LogP contribution in [0.5, 0.6) is 0 Å². The third-order valence-electron chi connectivity index (χ3n) is 2.70. The minimum Gasteiger partial charge on any atom is -0.390 e. The molecule has 2 N–H and O–H groups in total. The first kappa shape index (κ1) is 10.5. The number of nitrogens with zero attached hydrogens (tertiary/aromatic N) is 3. The maximum Gasteiger partial charge on any atom is 0.433 e. The molecular weight excluding hydrogens is 234 g/mol. The SMILES string of the molecule is O=[N+]([O-])c1nc2c(Cc3ccn[nH]3)cccc2[nH]1. The molecule has 1 aromatic carbocycles. The molecule has 18 heavy (non-hydrogen) atoms. The monoisotopic (exact) mass is 243 g/mol. The number of nitrogens with one attached hydrogen (secondary N) is 2. The van der Waals surface area contributed by atoms with E-state index in [1.54, 1.807) is 12.3 Å². The van der Waals surface area contributed by atoms with Crippen molar-refractivity contribution in [3.05, 3.63) is 51.8 Å². The van der Waals surface area contributed by atoms with Gasteiger partial charge in [-0.25, -0.2) is 4.98 Å². The van der Waals surface area contributed by atoms with Gasteiger partial charge in [0.1, 0.15) is 5.52 Å². The van der Waals surface area contributed by atoms with Crippen LogP contribution in [0.4, 0.5) is 5.95 Å². The Balaban J connectivity index is 2.08. The van der Waals surface area contributed by atoms with E-state index in [1.165, 1.54) is 0 Å². The lowest BCUT2D eigenvalue weighted by molar-refractivity contribution is -0.393. The van der Waals surface area contributed by atoms with Gasteiger partial charge >= 0.3 is 5.95 Å². The summed E-state index contributed by atoms with van der Waals surface area (Å²) in [6, 6.07) is 7.37. The molecule has 3 rings (SSSR count). The van der Waals surface area contributed by atoms with Crippen molar-refractivity contribution in [2.75, 3.05) is 0 Å². The molecule has 3 aromatic rings. The first-order valence-corrected chi connectivity index (χ1v) is 5.34. The normalized spacial score (nSPS) is 10.9. The van der Waals surface area contributed by atoms with Crippen molar-refractivity contribution < 1.29 is 4.92 Å². The predicted octanol–water partition coefficient (Wildman–Crippen LogP) is 1.78. The fourth-order valence-electron chi connectivity index (χ4n) is 1.90. The van der Waals surface area contributed by atoms with Crippen molar-refractivity contribution in [2.45, 2.75) is 6.42 Å². The summed E-state index contributed by atoms with van der Waals surface area (Å²) in [5.41, 5.74) is 3.15. The Bertz CT molecular complexity index is 701. The summed E-state index contributed by atoms with van der Waals surface area (Å²) < 4.78 is 0. The van der Waals surface area contributed by atoms with Crippen LogP contribution in [0.15, 0.2) is 30.5 Å². The molecule has 0 saturated heterocycles. The maximum absolute atomic E-state index is 10.7. The van der Waals surface area contributed by atoms with E-state index < -0.39 is 4.92 Å². The number of fused-ring (bicyclic) bond motifs is 1. The van der Waals surface area contributed by atoms with Crippen LogP contribution in [0.1, 0.15) is 11.3 Å². The summed E-state index contributed by atoms with van der Waals surface area (Å²) in [5.74, 6) is -0.234. The fraction of sp³-hybridized carbons (Fsp3) is 0.0909. The van der Waals surface area contributed by atoms with Crippen molar-refractivity contribution in [3.63, 3.8) is 0 Å². The molecule has 0 saturated carbocycles. The van der Waals surface area contributed by atoms with Gasteiger partial charge in [-0.05, 0) is 17.1 Å². The highest BCUT2D eigenvalue weighted by molar-refractivity contribution is 5.80. The predicted molar refractivity (Wildman–Crippen MR) is 64.1 cm³/mol. The van der Waals surface area contributed by atoms with Gasteiger partial charge in [0.05, 0.1) is 0 Å². The van der Waals surface area contributed by atoms with E-state index in [0.29, 0.717) is 17.5 Å². The number of hydrogen-bond donors (Lipinski definition) is 2. The van der Waals surface area contributed by atoms with Crippen LogP contribution in [-0.2, 0) is 6.42 Å². The van der Waals surface area contributed by atoms with E-state index in [9.17, 15) is 10.1 Å². The van der Waals surface area contributed by atoms with Crippen LogP contribution in [0.25, 0.3) is 11.0 Å². The van der Waals surface area contributed by atoms with Gasteiger partial charge in [-0.2, -0.15) is 5.10 Å². The third-order valence-corrected chi connectivity index (χ3v) is 2.70. The van der Waals surface area contributed by atoms with Crippen LogP contribution < -0.4 is 0 Å². The maximum atomic E-state index is 10.7. The van der Waals surface area contributed by atoms with E-state index in [4.69, 9.17) is 0 Å². The van der Waals surface area contributed by atoms with Gasteiger partial charge in [-0.1, -0.05) is 17.1 Å². The molecule has 0 fully saturated rings. The van der Waals surface area contributed by atoms with Gasteiger partial charge < -0.3 is 10.1 Å². The minimum atomic E-state index is -0.528. The lowest BCUT2D eigenvalue weighted by Gasteiger charge is -1.96. The fourth-order valence-corrected chi connectivity index (χ4v) is 1.90. The molecule has 0 spiro atoms. The smallest absolute Gasteiger partial charge is 0.390 e. The summed E-state index contributed by atoms with van der Waals surface area (Å²) >= 11 is 0. The van der Waals surface area contributed by atoms with Crippen LogP contribution in [-0.4, -0.2) is 25.1 Å². The van der Waals surface area contributed by atoms with Crippen molar-refractivity contribution in [3.8, 4) is 0 Å². The number of rotatable bonds is 3. The standard InChI is InChI=1S/C11H9N5O2/c17-16(18)11-13-9-3-1-2-7(10(9)14-11)6-8-4-5-12-15-8/h1-5H,6H2,(H,12,15)(H,13,14). The van der Waals surface area contributed by atoms with Crippen LogP contribution >= 0.6 is 0 Å². The van der Waals surface area contributed by atoms with Gasteiger partial charge in [0.2, 0.25) is 0 Å². The lowest BCUT2D eigenvalue weighted by atomic mass is 10.1. The van der Waals surface area contributed by atoms with Crippen molar-refractivity contribution in [1.29, 1.82) is 0 Å². The summed E-state index contributed by atoms with van der Waals surface area (Å²) in [6.07, 6.45) is 2.28. The van der Waals surface area contributed by atoms with E-state index in [-0.39, 0.29) is 5.95 Å². The number of aromatic amines is 2. The highest BCUT2D eigenvalue weighted by Crippen LogP contribution is 2.21. The van der Waals surface area contributed by atoms with Gasteiger partial charge in [0, 0.05) is 23.9 Å². The molecule has 0 radical (unpaired) electrons. The van der Waals surface area contributed by atoms with Crippen LogP contribution in [0.2, 0.25) is 0 Å². The largest absolute Gasteiger partial charge is 0.433 e. The summed E-state index contributed by atoms with van der Waals surface area (Å²) in [6.45, 7) is 0. The minimum absolute atomic E-state index is 0.234. The average Bonchev–Trinajstić information content (AvgIpc) is 2.97. The zero-order chi connectivity index (χ0) is 12.5. The number of benzene rings is 1. The Kier molecular flexibility index (Phi) is 2.30. The number of H-pyrrole nitrogens is 2. The van der Waals surface area contributed by atoms with Gasteiger partial charge in [0.25, 0.3) is 0 Å². The second-order valence-corrected chi connectivity index (χ2v) is 3.89. The zero-order valence-electron chi connectivity index (χ0n) is 9.25. The van der Waals surface area contributed by atoms with Gasteiger partial charge in [-0.3, -0.25) is 5.10 Å². The molecule has 0 aliphatic heterocycles. The van der Waals surface area contributed by atoms with E-state index in [0.717, 1.165) is 11.3 Å². The molecule has 0 unspecified atom stereocenters. The van der Waals surface area contributed by atoms with Gasteiger partial charge in [-0.15, -0.1) is 0 Å². The summed E-state index contributed by atoms with van der Waals surface area (Å²) in [7, 11) is 0. The number of imidazole rings is 1. The highest BCUT2D eigenvalue weighted by Gasteiger charge is 2.16. The van der Waals surface area contributed by atoms with E-state index >= 15 is 0 Å². The van der Waals surface area contributed by atoms with E-state index in [2.05, 4.69) is 20.2 Å². The number of nitro groups is 1. The molecule has 7 nitrogen and oxygen atoms in total. The second-order valence-electron chi connectivity index (χ2n) is 3.89. The molecule has 2 heterocycles. The average molecular weight is 243 g/mol. The third kappa shape index (κ3) is 1.71. The second kappa shape index (κ2) is 3.95. The molecule has 90 valence electrons. The molecule has 7 heteroatoms. The zero-order valence-corrected chi connectivity index (χ0v) is 9.25. The number of hydrogen-bond acceptors (Lipinski definition) is 4. The Hall–Kier alpha value is -2.70. The van der Waals surface area contributed by atoms with Crippen LogP contribution in [0.3, 0.4) is 0 Å². The Morgan fingerprint density at radius 3 is 2.94 bits per heavy atom. The Morgan fingerprint density at radius 1 is 1.33 bits per heavy atom. The van der Waals surface area contributed by atoms with Crippen molar-refractivity contribution in [2.24, 2.45) is 0 Å². The number of para-hydroxylation sites is 1. The molecule has 0 amide bonds. The number of aromatic nitrogens is 4. The first-order valence-electron chi connectivity index (χ1n) is 5.34.